The van der Waals surface area contributed by atoms with Gasteiger partial charge < -0.3 is 25.2 Å². The molecule has 37 heavy (non-hydrogen) atoms. The molecule has 5 heterocycles. The molecule has 0 saturated carbocycles. The van der Waals surface area contributed by atoms with Gasteiger partial charge in [-0.15, -0.1) is 0 Å². The van der Waals surface area contributed by atoms with Gasteiger partial charge in [0, 0.05) is 47.9 Å². The lowest BCUT2D eigenvalue weighted by atomic mass is 9.96. The third-order valence-electron chi connectivity index (χ3n) is 8.75. The molecule has 1 aromatic carbocycles. The van der Waals surface area contributed by atoms with Crippen molar-refractivity contribution in [3.63, 3.8) is 0 Å². The first kappa shape index (κ1) is 24.2. The highest BCUT2D eigenvalue weighted by Crippen LogP contribution is 2.39. The second kappa shape index (κ2) is 9.97. The second-order valence-corrected chi connectivity index (χ2v) is 11.2. The van der Waals surface area contributed by atoms with Crippen LogP contribution in [0, 0.1) is 6.92 Å². The van der Waals surface area contributed by atoms with Crippen molar-refractivity contribution in [2.75, 3.05) is 31.6 Å². The molecule has 1 aromatic heterocycles. The van der Waals surface area contributed by atoms with Crippen LogP contribution < -0.4 is 20.3 Å². The summed E-state index contributed by atoms with van der Waals surface area (Å²) in [5, 5.41) is 6.48. The van der Waals surface area contributed by atoms with Crippen LogP contribution in [0.3, 0.4) is 0 Å². The average Bonchev–Trinajstić information content (AvgIpc) is 3.48. The Morgan fingerprint density at radius 2 is 1.68 bits per heavy atom. The fourth-order valence-electron chi connectivity index (χ4n) is 6.68. The number of fused-ring (bicyclic) bond motifs is 3. The van der Waals surface area contributed by atoms with Crippen LogP contribution in [0.5, 0.6) is 5.75 Å². The maximum atomic E-state index is 13.1. The third kappa shape index (κ3) is 4.79. The summed E-state index contributed by atoms with van der Waals surface area (Å²) in [5.74, 6) is 1.77. The van der Waals surface area contributed by atoms with Crippen LogP contribution in [0.1, 0.15) is 70.4 Å². The predicted octanol–water partition coefficient (Wildman–Crippen LogP) is 3.08. The molecule has 0 spiro atoms. The van der Waals surface area contributed by atoms with E-state index in [0.717, 1.165) is 75.2 Å². The number of piperidine rings is 2. The van der Waals surface area contributed by atoms with E-state index in [2.05, 4.69) is 27.5 Å². The van der Waals surface area contributed by atoms with E-state index in [-0.39, 0.29) is 23.9 Å². The van der Waals surface area contributed by atoms with Crippen LogP contribution >= 0.6 is 0 Å². The molecule has 8 heteroatoms. The molecule has 0 aliphatic carbocycles. The van der Waals surface area contributed by atoms with E-state index < -0.39 is 0 Å². The highest BCUT2D eigenvalue weighted by Gasteiger charge is 2.42. The maximum absolute atomic E-state index is 13.1. The number of likely N-dealkylation sites (tertiary alicyclic amines) is 1. The zero-order valence-corrected chi connectivity index (χ0v) is 21.8. The van der Waals surface area contributed by atoms with E-state index in [1.54, 1.807) is 6.20 Å². The van der Waals surface area contributed by atoms with E-state index in [9.17, 15) is 9.59 Å². The molecule has 1 unspecified atom stereocenters. The third-order valence-corrected chi connectivity index (χ3v) is 8.75. The molecule has 2 N–H and O–H groups in total. The topological polar surface area (TPSA) is 86.8 Å². The summed E-state index contributed by atoms with van der Waals surface area (Å²) in [5.41, 5.74) is 3.47. The van der Waals surface area contributed by atoms with Crippen LogP contribution in [0.2, 0.25) is 0 Å². The highest BCUT2D eigenvalue weighted by molar-refractivity contribution is 5.97. The van der Waals surface area contributed by atoms with Crippen LogP contribution in [-0.4, -0.2) is 72.6 Å². The molecule has 2 amide bonds. The number of rotatable bonds is 5. The number of carbonyl (C=O) groups excluding carboxylic acids is 2. The molecule has 196 valence electrons. The largest absolute Gasteiger partial charge is 0.493 e. The lowest BCUT2D eigenvalue weighted by molar-refractivity contribution is 0.0912. The number of aromatic nitrogens is 1. The van der Waals surface area contributed by atoms with Gasteiger partial charge >= 0.3 is 0 Å². The van der Waals surface area contributed by atoms with Crippen LogP contribution in [0.15, 0.2) is 30.5 Å². The maximum Gasteiger partial charge on any atom is 0.253 e. The quantitative estimate of drug-likeness (QED) is 0.652. The van der Waals surface area contributed by atoms with Gasteiger partial charge in [0.25, 0.3) is 11.8 Å². The van der Waals surface area contributed by atoms with Gasteiger partial charge in [0.15, 0.2) is 0 Å². The molecule has 8 nitrogen and oxygen atoms in total. The molecular weight excluding hydrogens is 466 g/mol. The van der Waals surface area contributed by atoms with Gasteiger partial charge in [-0.3, -0.25) is 9.59 Å². The van der Waals surface area contributed by atoms with Crippen molar-refractivity contribution in [3.8, 4) is 5.75 Å². The van der Waals surface area contributed by atoms with E-state index in [0.29, 0.717) is 29.8 Å². The zero-order valence-electron chi connectivity index (χ0n) is 21.8. The first-order chi connectivity index (χ1) is 18.0. The minimum absolute atomic E-state index is 0.00764. The summed E-state index contributed by atoms with van der Waals surface area (Å²) in [6.07, 6.45) is 8.62. The van der Waals surface area contributed by atoms with Crippen molar-refractivity contribution in [1.29, 1.82) is 0 Å². The van der Waals surface area contributed by atoms with Gasteiger partial charge in [-0.1, -0.05) is 6.07 Å². The number of hydrogen-bond acceptors (Lipinski definition) is 6. The minimum Gasteiger partial charge on any atom is -0.493 e. The number of nitrogens with one attached hydrogen (secondary N) is 2. The number of pyridine rings is 1. The summed E-state index contributed by atoms with van der Waals surface area (Å²) in [4.78, 5) is 35.3. The summed E-state index contributed by atoms with van der Waals surface area (Å²) in [6, 6.07) is 8.94. The summed E-state index contributed by atoms with van der Waals surface area (Å²) in [6.45, 7) is 4.71. The summed E-state index contributed by atoms with van der Waals surface area (Å²) in [7, 11) is 2.12. The van der Waals surface area contributed by atoms with Crippen molar-refractivity contribution in [3.05, 3.63) is 52.7 Å². The molecule has 4 aliphatic heterocycles. The van der Waals surface area contributed by atoms with Gasteiger partial charge in [-0.2, -0.15) is 0 Å². The Hall–Kier alpha value is -3.13. The normalized spacial score (nSPS) is 25.5. The van der Waals surface area contributed by atoms with Crippen molar-refractivity contribution in [1.82, 2.24) is 20.5 Å². The van der Waals surface area contributed by atoms with Crippen molar-refractivity contribution >= 4 is 17.6 Å². The zero-order chi connectivity index (χ0) is 25.5. The Labute approximate surface area is 218 Å². The van der Waals surface area contributed by atoms with Gasteiger partial charge in [0.2, 0.25) is 0 Å². The highest BCUT2D eigenvalue weighted by atomic mass is 16.5. The number of carbonyl (C=O) groups is 2. The van der Waals surface area contributed by atoms with E-state index in [1.165, 1.54) is 5.56 Å². The molecule has 3 atom stereocenters. The molecular formula is C29H37N5O3. The van der Waals surface area contributed by atoms with E-state index >= 15 is 0 Å². The molecule has 4 aliphatic rings. The lowest BCUT2D eigenvalue weighted by Gasteiger charge is -2.40. The van der Waals surface area contributed by atoms with Gasteiger partial charge in [0.1, 0.15) is 11.6 Å². The van der Waals surface area contributed by atoms with Gasteiger partial charge in [-0.05, 0) is 89.3 Å². The number of benzene rings is 1. The van der Waals surface area contributed by atoms with Crippen molar-refractivity contribution in [2.45, 2.75) is 76.0 Å². The second-order valence-electron chi connectivity index (χ2n) is 11.2. The van der Waals surface area contributed by atoms with Gasteiger partial charge in [0.05, 0.1) is 12.2 Å². The smallest absolute Gasteiger partial charge is 0.253 e. The van der Waals surface area contributed by atoms with Crippen molar-refractivity contribution < 1.29 is 14.3 Å². The van der Waals surface area contributed by atoms with Crippen molar-refractivity contribution in [2.24, 2.45) is 0 Å². The van der Waals surface area contributed by atoms with E-state index in [4.69, 9.17) is 9.72 Å². The summed E-state index contributed by atoms with van der Waals surface area (Å²) >= 11 is 0. The first-order valence-electron chi connectivity index (χ1n) is 13.8. The fraction of sp³-hybridized carbons (Fsp3) is 0.552. The monoisotopic (exact) mass is 503 g/mol. The first-order valence-corrected chi connectivity index (χ1v) is 13.8. The Morgan fingerprint density at radius 1 is 0.946 bits per heavy atom. The standard InChI is InChI=1S/C29H37N5O3/c1-18-25(7-3-19-11-14-37-27(18)19)29(36)32-22-15-23-5-6-24(16-22)34(23)26-8-4-20(17-30-26)28(35)31-21-9-12-33(2)13-10-21/h3-4,7-8,17,21-24H,5-6,9-16H2,1-2H3,(H,31,35)(H,32,36)/t22?,23-,24+. The Kier molecular flexibility index (Phi) is 6.53. The molecule has 3 fully saturated rings. The van der Waals surface area contributed by atoms with Gasteiger partial charge in [-0.25, -0.2) is 4.98 Å². The summed E-state index contributed by atoms with van der Waals surface area (Å²) < 4.78 is 5.76. The number of amides is 2. The number of hydrogen-bond donors (Lipinski definition) is 2. The SMILES string of the molecule is Cc1c(C(=O)NC2C[C@H]3CC[C@@H](C2)N3c2ccc(C(=O)NC3CCN(C)CC3)cn2)ccc2c1OCC2. The molecule has 2 aromatic rings. The molecule has 3 saturated heterocycles. The van der Waals surface area contributed by atoms with E-state index in [1.807, 2.05) is 31.2 Å². The van der Waals surface area contributed by atoms with Crippen LogP contribution in [-0.2, 0) is 6.42 Å². The Balaban J connectivity index is 1.07. The minimum atomic E-state index is -0.0368. The predicted molar refractivity (Wildman–Crippen MR) is 142 cm³/mol. The number of nitrogens with zero attached hydrogens (tertiary/aromatic N) is 3. The molecule has 6 rings (SSSR count). The Morgan fingerprint density at radius 3 is 2.38 bits per heavy atom. The average molecular weight is 504 g/mol. The molecule has 2 bridgehead atoms. The fourth-order valence-corrected chi connectivity index (χ4v) is 6.68. The number of ether oxygens (including phenoxy) is 1. The Bertz CT molecular complexity index is 1160. The lowest BCUT2D eigenvalue weighted by Crippen LogP contribution is -2.50. The van der Waals surface area contributed by atoms with Crippen LogP contribution in [0.4, 0.5) is 5.82 Å². The van der Waals surface area contributed by atoms with Crippen LogP contribution in [0.25, 0.3) is 0 Å². The number of anilines is 1. The molecule has 0 radical (unpaired) electrons.